The maximum absolute atomic E-state index is 14.7. The lowest BCUT2D eigenvalue weighted by Crippen LogP contribution is -2.63. The van der Waals surface area contributed by atoms with Crippen molar-refractivity contribution in [1.82, 2.24) is 90.0 Å². The third kappa shape index (κ3) is 39.8. The first-order valence-corrected chi connectivity index (χ1v) is 45.9. The number of unbranched alkanes of at least 4 members (excludes halogenated alkanes) is 1. The van der Waals surface area contributed by atoms with E-state index in [0.29, 0.717) is 30.4 Å². The summed E-state index contributed by atoms with van der Waals surface area (Å²) in [7, 11) is 0. The van der Waals surface area contributed by atoms with Crippen molar-refractivity contribution in [3.8, 4) is 11.5 Å². The largest absolute Gasteiger partial charge is 0.508 e. The Kier molecular flexibility index (Phi) is 51.8. The van der Waals surface area contributed by atoms with Crippen molar-refractivity contribution < 1.29 is 107 Å². The van der Waals surface area contributed by atoms with Gasteiger partial charge in [0, 0.05) is 49.9 Å². The predicted molar refractivity (Wildman–Crippen MR) is 501 cm³/mol. The predicted octanol–water partition coefficient (Wildman–Crippen LogP) is -9.04. The van der Waals surface area contributed by atoms with Crippen molar-refractivity contribution in [3.05, 3.63) is 59.7 Å². The number of carboxylic acids is 1. The van der Waals surface area contributed by atoms with Crippen LogP contribution in [0.4, 0.5) is 0 Å². The Morgan fingerprint density at radius 2 is 0.748 bits per heavy atom. The van der Waals surface area contributed by atoms with Crippen molar-refractivity contribution in [1.29, 1.82) is 10.8 Å². The lowest BCUT2D eigenvalue weighted by atomic mass is 9.94. The minimum atomic E-state index is -2.30. The molecule has 16 amide bonds. The summed E-state index contributed by atoms with van der Waals surface area (Å²) in [6.45, 7) is 10.2. The molecule has 0 aliphatic carbocycles. The molecule has 0 radical (unpaired) electrons. The van der Waals surface area contributed by atoms with Gasteiger partial charge in [0.2, 0.25) is 88.6 Å². The number of hydrogen-bond acceptors (Lipinski definition) is 30. The summed E-state index contributed by atoms with van der Waals surface area (Å²) in [5.74, 6) is -22.0. The van der Waals surface area contributed by atoms with Crippen molar-refractivity contribution >= 4 is 138 Å². The van der Waals surface area contributed by atoms with Crippen LogP contribution in [0.2, 0.25) is 0 Å². The number of nitrogens with one attached hydrogen (secondary N) is 18. The zero-order valence-corrected chi connectivity index (χ0v) is 78.9. The van der Waals surface area contributed by atoms with Crippen molar-refractivity contribution in [2.75, 3.05) is 57.3 Å². The van der Waals surface area contributed by atoms with Crippen LogP contribution in [0.3, 0.4) is 0 Å². The molecule has 0 unspecified atom stereocenters. The molecule has 1 aliphatic rings. The standard InChI is InChI=1S/C84H141N27O22S2/c1-8-43(5)63(109-78(128)64(44(6)9-2)108-76(126)61-18-14-36-111(61)81(132)84(94,133)42(3)4)77(127)104-56(37-46-19-23-48(113)24-20-46)72(122)107-60(41-135)75(125)103-57(39-62(89)115)73(123)99-51(16-12-34-95-82(90)91)66(116)100-55(29-33-88)71(121)110-65(45(7)112)79(129)102-54(28-32-87)70(120)97-50(15-10-11-30-85)68(118)106-59(40-134)74(124)101-53(27-31-86)69(119)98-52(17-13-35-96-83(92)93)67(117)105-58(80(130)131)38-47-21-25-49(114)26-22-47/h19-26,42-45,50-61,63-65,112-114,133-135H,8-18,27-41,85-88,94H2,1-7H3,(H2,89,115)(H,97,120)(H,98,119)(H,99,123)(H,100,116)(H,101,124)(H,102,129)(H,103,125)(H,104,127)(H,105,117)(H,106,118)(H,107,122)(H,108,126)(H,109,128)(H,110,121)(H,130,131)(H4,90,91,95)(H4,92,93,96)/t43-,44-,45+,50-,51-,52-,53-,54+,55-,56-,57-,58-,59-,60-,61-,63-,64-,65-,84+/m0/s1. The van der Waals surface area contributed by atoms with Crippen LogP contribution < -0.4 is 131 Å². The van der Waals surface area contributed by atoms with Crippen LogP contribution in [0.5, 0.6) is 11.5 Å². The molecular weight excluding hydrogens is 1800 g/mol. The van der Waals surface area contributed by atoms with Gasteiger partial charge in [-0.3, -0.25) is 93.3 Å². The van der Waals surface area contributed by atoms with Crippen LogP contribution in [-0.4, -0.2) is 303 Å². The number of phenols is 2. The molecule has 39 N–H and O–H groups in total. The van der Waals surface area contributed by atoms with Crippen LogP contribution in [0.1, 0.15) is 156 Å². The fourth-order valence-corrected chi connectivity index (χ4v) is 14.4. The summed E-state index contributed by atoms with van der Waals surface area (Å²) in [5, 5.41) is 107. The number of aliphatic hydroxyl groups excluding tert-OH is 1. The van der Waals surface area contributed by atoms with Crippen molar-refractivity contribution in [2.24, 2.45) is 63.6 Å². The van der Waals surface area contributed by atoms with E-state index in [1.54, 1.807) is 27.7 Å². The van der Waals surface area contributed by atoms with Gasteiger partial charge in [-0.05, 0) is 157 Å². The molecule has 1 aliphatic heterocycles. The number of benzene rings is 2. The van der Waals surface area contributed by atoms with Gasteiger partial charge in [-0.25, -0.2) is 4.79 Å². The number of guanidine groups is 2. The number of phenolic OH excluding ortho intramolecular Hbond substituents is 2. The van der Waals surface area contributed by atoms with E-state index in [0.717, 1.165) is 11.8 Å². The van der Waals surface area contributed by atoms with Crippen molar-refractivity contribution in [3.63, 3.8) is 0 Å². The monoisotopic (exact) mass is 1940 g/mol. The van der Waals surface area contributed by atoms with Gasteiger partial charge in [0.1, 0.15) is 102 Å². The average Bonchev–Trinajstić information content (AvgIpc) is 1.73. The lowest BCUT2D eigenvalue weighted by Gasteiger charge is -2.34. The third-order valence-electron chi connectivity index (χ3n) is 22.4. The molecule has 3 rings (SSSR count). The van der Waals surface area contributed by atoms with Crippen LogP contribution >= 0.6 is 25.3 Å². The second kappa shape index (κ2) is 59.7. The summed E-state index contributed by atoms with van der Waals surface area (Å²) in [6.07, 6.45) is -3.26. The summed E-state index contributed by atoms with van der Waals surface area (Å²) in [4.78, 5) is 241. The second-order valence-electron chi connectivity index (χ2n) is 33.4. The number of aliphatic hydroxyl groups is 2. The third-order valence-corrected chi connectivity index (χ3v) is 23.2. The molecule has 0 bridgehead atoms. The van der Waals surface area contributed by atoms with Gasteiger partial charge in [0.05, 0.1) is 12.5 Å². The summed E-state index contributed by atoms with van der Waals surface area (Å²) in [5.41, 5.74) is 44.6. The first kappa shape index (κ1) is 117. The molecule has 0 saturated carbocycles. The van der Waals surface area contributed by atoms with Crippen LogP contribution in [0, 0.1) is 28.6 Å². The zero-order valence-electron chi connectivity index (χ0n) is 77.1. The molecule has 0 aromatic heterocycles. The van der Waals surface area contributed by atoms with E-state index in [2.05, 4.69) is 110 Å². The highest BCUT2D eigenvalue weighted by atomic mass is 32.1. The van der Waals surface area contributed by atoms with E-state index in [9.17, 15) is 107 Å². The number of aliphatic carboxylic acids is 1. The maximum atomic E-state index is 14.7. The number of thiol groups is 2. The van der Waals surface area contributed by atoms with Crippen LogP contribution in [0.15, 0.2) is 48.5 Å². The summed E-state index contributed by atoms with van der Waals surface area (Å²) < 4.78 is 0. The molecule has 1 saturated heterocycles. The molecule has 0 spiro atoms. The minimum Gasteiger partial charge on any atom is -0.508 e. The SMILES string of the molecule is CC[C@H](C)[C@H](NC(=O)[C@@H](NC(=O)[C@@H]1CCCN1C(=O)[C@](N)(O)C(C)C)[C@@H](C)CC)C(=O)N[C@@H](Cc1ccc(O)cc1)C(=O)N[C@@H](CS)C(=O)N[C@@H](CC(N)=O)C(=O)N[C@@H](CCCNC(=N)N)C(=O)N[C@@H](CCN)C(=O)N[C@H](C(=O)N[C@H](CCN)C(=O)N[C@@H](CCCCN)C(=O)N[C@@H](CS)C(=O)N[C@@H](CCN)C(=O)N[C@@H](CCCNC(=N)N)C(=O)N[C@@H](Cc1ccc(O)cc1)C(=O)O)[C@@H](C)O. The molecule has 2 aromatic carbocycles. The first-order chi connectivity index (χ1) is 63.7. The van der Waals surface area contributed by atoms with Crippen molar-refractivity contribution in [2.45, 2.75) is 260 Å². The number of carbonyl (C=O) groups excluding carboxylic acids is 16. The van der Waals surface area contributed by atoms with E-state index in [4.69, 9.17) is 56.7 Å². The molecule has 756 valence electrons. The lowest BCUT2D eigenvalue weighted by molar-refractivity contribution is -0.159. The number of nitrogens with zero attached hydrogens (tertiary/aromatic N) is 1. The van der Waals surface area contributed by atoms with E-state index < -0.39 is 257 Å². The number of likely N-dealkylation sites (tertiary alicyclic amines) is 1. The number of primary amides is 1. The highest BCUT2D eigenvalue weighted by Gasteiger charge is 2.47. The molecule has 135 heavy (non-hydrogen) atoms. The number of aromatic hydroxyl groups is 2. The van der Waals surface area contributed by atoms with Crippen LogP contribution in [0.25, 0.3) is 0 Å². The van der Waals surface area contributed by atoms with Crippen LogP contribution in [-0.2, 0) is 94.3 Å². The smallest absolute Gasteiger partial charge is 0.326 e. The zero-order chi connectivity index (χ0) is 102. The molecule has 1 heterocycles. The number of nitrogens with two attached hydrogens (primary N) is 8. The number of carbonyl (C=O) groups is 17. The maximum Gasteiger partial charge on any atom is 0.326 e. The van der Waals surface area contributed by atoms with E-state index in [1.165, 1.54) is 62.4 Å². The van der Waals surface area contributed by atoms with Gasteiger partial charge in [-0.15, -0.1) is 0 Å². The normalized spacial score (nSPS) is 16.6. The van der Waals surface area contributed by atoms with E-state index in [1.807, 2.05) is 0 Å². The van der Waals surface area contributed by atoms with Gasteiger partial charge in [-0.2, -0.15) is 25.3 Å². The van der Waals surface area contributed by atoms with Gasteiger partial charge in [0.15, 0.2) is 17.6 Å². The summed E-state index contributed by atoms with van der Waals surface area (Å²) >= 11 is 8.57. The molecular formula is C84H141N27O22S2. The number of hydrogen-bond donors (Lipinski definition) is 33. The fourth-order valence-electron chi connectivity index (χ4n) is 13.9. The molecule has 2 aromatic rings. The Bertz CT molecular complexity index is 4320. The Morgan fingerprint density at radius 3 is 1.12 bits per heavy atom. The molecule has 51 heteroatoms. The molecule has 1 fully saturated rings. The average molecular weight is 1950 g/mol. The highest BCUT2D eigenvalue weighted by Crippen LogP contribution is 2.25. The highest BCUT2D eigenvalue weighted by molar-refractivity contribution is 7.80. The minimum absolute atomic E-state index is 0.0436. The quantitative estimate of drug-likeness (QED) is 0.00961. The second-order valence-corrected chi connectivity index (χ2v) is 34.1. The number of carboxylic acid groups (broad SMARTS) is 1. The van der Waals surface area contributed by atoms with Gasteiger partial charge >= 0.3 is 5.97 Å². The Balaban J connectivity index is 1.91. The topological polar surface area (TPSA) is 843 Å². The fraction of sp³-hybridized carbons (Fsp3) is 0.631. The number of amides is 16. The Labute approximate surface area is 793 Å². The van der Waals surface area contributed by atoms with E-state index >= 15 is 0 Å². The Hall–Kier alpha value is -12.0. The van der Waals surface area contributed by atoms with Gasteiger partial charge < -0.3 is 156 Å². The Morgan fingerprint density at radius 1 is 0.430 bits per heavy atom. The first-order valence-electron chi connectivity index (χ1n) is 44.7. The van der Waals surface area contributed by atoms with Gasteiger partial charge in [0.25, 0.3) is 5.91 Å². The molecule has 49 nitrogen and oxygen atoms in total. The molecule has 19 atom stereocenters. The summed E-state index contributed by atoms with van der Waals surface area (Å²) in [6, 6.07) is -12.7. The van der Waals surface area contributed by atoms with E-state index in [-0.39, 0.29) is 134 Å². The van der Waals surface area contributed by atoms with Gasteiger partial charge in [-0.1, -0.05) is 78.6 Å². The number of rotatable bonds is 62.